The first-order valence-electron chi connectivity index (χ1n) is 28.0. The Morgan fingerprint density at radius 1 is 0.455 bits per heavy atom. The average Bonchev–Trinajstić information content (AvgIpc) is 4.00. The number of nitrogens with one attached hydrogen (secondary N) is 1. The number of aromatic amines is 1. The second-order valence-electron chi connectivity index (χ2n) is 21.2. The first-order valence-corrected chi connectivity index (χ1v) is 30.9. The first-order chi connectivity index (χ1) is 42.8. The van der Waals surface area contributed by atoms with Gasteiger partial charge in [-0.05, 0) is 67.9 Å². The molecule has 0 aliphatic carbocycles. The number of hydrogen-bond donors (Lipinski definition) is 7. The van der Waals surface area contributed by atoms with Gasteiger partial charge in [0.05, 0.1) is 75.8 Å². The predicted molar refractivity (Wildman–Crippen MR) is 328 cm³/mol. The number of pyridine rings is 1. The van der Waals surface area contributed by atoms with Crippen LogP contribution < -0.4 is 5.56 Å². The van der Waals surface area contributed by atoms with Crippen LogP contribution in [0.4, 0.5) is 0 Å². The fraction of sp³-hybridized carbons (Fsp3) is 0.300. The topological polar surface area (TPSA) is 339 Å². The number of benzene rings is 4. The van der Waals surface area contributed by atoms with E-state index in [2.05, 4.69) is 90.1 Å². The summed E-state index contributed by atoms with van der Waals surface area (Å²) in [6.07, 6.45) is -1.53. The van der Waals surface area contributed by atoms with Gasteiger partial charge in [-0.15, -0.1) is 23.5 Å². The van der Waals surface area contributed by atoms with E-state index in [1.54, 1.807) is 56.3 Å². The van der Waals surface area contributed by atoms with Gasteiger partial charge in [0.1, 0.15) is 72.2 Å². The number of H-pyrrole nitrogens is 1. The molecule has 25 nitrogen and oxygen atoms in total. The Morgan fingerprint density at radius 3 is 1.43 bits per heavy atom. The Bertz CT molecular complexity index is 4370. The second kappa shape index (κ2) is 25.3. The number of fused-ring (bicyclic) bond motifs is 6. The van der Waals surface area contributed by atoms with Gasteiger partial charge in [0.25, 0.3) is 5.56 Å². The lowest BCUT2D eigenvalue weighted by Crippen LogP contribution is -2.32. The van der Waals surface area contributed by atoms with Crippen LogP contribution in [-0.4, -0.2) is 176 Å². The normalized spacial score (nSPS) is 24.4. The van der Waals surface area contributed by atoms with Gasteiger partial charge in [-0.25, -0.2) is 54.8 Å². The molecule has 11 heterocycles. The molecule has 0 radical (unpaired) electrons. The molecule has 3 fully saturated rings. The lowest BCUT2D eigenvalue weighted by molar-refractivity contribution is -0.0289. The summed E-state index contributed by atoms with van der Waals surface area (Å²) in [6, 6.07) is 33.4. The quantitative estimate of drug-likeness (QED) is 0.0580. The van der Waals surface area contributed by atoms with Crippen LogP contribution in [0.15, 0.2) is 161 Å². The van der Waals surface area contributed by atoms with Crippen molar-refractivity contribution in [3.63, 3.8) is 0 Å². The van der Waals surface area contributed by atoms with Crippen LogP contribution in [-0.2, 0) is 14.2 Å². The van der Waals surface area contributed by atoms with Gasteiger partial charge in [-0.2, -0.15) is 0 Å². The number of para-hydroxylation sites is 2. The molecule has 28 heteroatoms. The van der Waals surface area contributed by atoms with Gasteiger partial charge in [0.2, 0.25) is 0 Å². The highest BCUT2D eigenvalue weighted by Crippen LogP contribution is 2.38. The number of thioether (sulfide) groups is 3. The third kappa shape index (κ3) is 11.7. The standard InChI is InChI=1S/C21H20N4O3S.C20H19N5O3S.C19H18N6O4S/c1-12-17-20(23-10-22-12)25(11-24-17)21-19(27)18(26)16(28-21)9-29-15-7-6-13-4-2-3-5-14(13)8-15;1-11-16-19(22-9-21-11)25(10-23-16)20-18(27)17(26)14(28-20)8-29-15-7-6-12-4-2-3-5-13(12)24-15;1-9-13-16(21-7-20-9)25(8-22-13)18-15(27)14(26)12(29-18)6-30-19-23-11-5-3-2-4-10(11)17(28)24-19/h2-8,10-11,16,18-19,21,26-27H,9H2,1H3;2-7,9-10,14,17-18,20,26-27H,8H2,1H3;2-5,7-8,12,14-15,18,26-27H,6H2,1H3,(H,23,24,28)/t16?,18-,19-,21-;14?,17-,18-,20-;12?,14-,15-,18-/m111/s1. The fourth-order valence-corrected chi connectivity index (χ4v) is 13.7. The van der Waals surface area contributed by atoms with Gasteiger partial charge in [-0.3, -0.25) is 18.5 Å². The minimum atomic E-state index is -1.16. The Kier molecular flexibility index (Phi) is 16.9. The smallest absolute Gasteiger partial charge is 0.259 e. The van der Waals surface area contributed by atoms with Gasteiger partial charge >= 0.3 is 0 Å². The Hall–Kier alpha value is -7.97. The highest BCUT2D eigenvalue weighted by atomic mass is 32.2. The van der Waals surface area contributed by atoms with E-state index in [1.165, 1.54) is 59.6 Å². The zero-order chi connectivity index (χ0) is 60.7. The number of imidazole rings is 3. The van der Waals surface area contributed by atoms with Crippen molar-refractivity contribution < 1.29 is 44.8 Å². The number of aliphatic hydroxyl groups excluding tert-OH is 6. The number of aromatic nitrogens is 15. The van der Waals surface area contributed by atoms with Crippen molar-refractivity contribution in [1.29, 1.82) is 0 Å². The number of aryl methyl sites for hydroxylation is 3. The van der Waals surface area contributed by atoms with E-state index >= 15 is 0 Å². The Labute approximate surface area is 512 Å². The zero-order valence-corrected chi connectivity index (χ0v) is 49.6. The second-order valence-corrected chi connectivity index (χ2v) is 24.3. The molecule has 3 unspecified atom stereocenters. The Morgan fingerprint density at radius 2 is 0.898 bits per heavy atom. The molecular formula is C60H57N15O10S3. The summed E-state index contributed by atoms with van der Waals surface area (Å²) in [7, 11) is 0. The number of nitrogens with zero attached hydrogens (tertiary/aromatic N) is 14. The Balaban J connectivity index is 0.000000122. The fourth-order valence-electron chi connectivity index (χ4n) is 10.8. The van der Waals surface area contributed by atoms with Crippen molar-refractivity contribution >= 4 is 101 Å². The highest BCUT2D eigenvalue weighted by molar-refractivity contribution is 7.99. The average molecular weight is 1240 g/mol. The van der Waals surface area contributed by atoms with Crippen LogP contribution in [0.3, 0.4) is 0 Å². The molecule has 4 aromatic carbocycles. The molecule has 8 aromatic heterocycles. The lowest BCUT2D eigenvalue weighted by atomic mass is 10.1. The molecule has 3 aliphatic rings. The predicted octanol–water partition coefficient (Wildman–Crippen LogP) is 5.58. The summed E-state index contributed by atoms with van der Waals surface area (Å²) in [5, 5.41) is 68.5. The molecule has 0 spiro atoms. The number of rotatable bonds is 12. The van der Waals surface area contributed by atoms with Crippen molar-refractivity contribution in [3.05, 3.63) is 169 Å². The van der Waals surface area contributed by atoms with Crippen molar-refractivity contribution in [1.82, 2.24) is 73.5 Å². The number of ether oxygens (including phenoxy) is 3. The number of aliphatic hydroxyl groups is 6. The maximum absolute atomic E-state index is 12.2. The monoisotopic (exact) mass is 1240 g/mol. The first kappa shape index (κ1) is 59.0. The molecule has 12 atom stereocenters. The van der Waals surface area contributed by atoms with Crippen LogP contribution in [0.5, 0.6) is 0 Å². The van der Waals surface area contributed by atoms with Crippen molar-refractivity contribution in [2.24, 2.45) is 0 Å². The maximum Gasteiger partial charge on any atom is 0.259 e. The lowest BCUT2D eigenvalue weighted by Gasteiger charge is -2.16. The number of hydrogen-bond acceptors (Lipinski definition) is 24. The summed E-state index contributed by atoms with van der Waals surface area (Å²) >= 11 is 4.33. The molecule has 12 aromatic rings. The SMILES string of the molecule is Cc1ncnc2c1ncn2[C@@H]1OC(CSc2ccc3ccccc3c2)[C@@H](O)[C@H]1O.Cc1ncnc2c1ncn2[C@@H]1OC(CSc2ccc3ccccc3n2)[C@@H](O)[C@H]1O.Cc1ncnc2c1ncn2[C@@H]1OC(CSc2nc3ccccc3c(=O)[nH]2)[C@@H](O)[C@H]1O. The van der Waals surface area contributed by atoms with Crippen LogP contribution in [0.1, 0.15) is 35.8 Å². The molecule has 15 rings (SSSR count). The minimum absolute atomic E-state index is 0.228. The molecule has 3 aliphatic heterocycles. The molecule has 450 valence electrons. The van der Waals surface area contributed by atoms with E-state index in [4.69, 9.17) is 14.2 Å². The third-order valence-electron chi connectivity index (χ3n) is 15.5. The maximum atomic E-state index is 12.2. The molecule has 88 heavy (non-hydrogen) atoms. The van der Waals surface area contributed by atoms with Crippen molar-refractivity contribution in [2.45, 2.75) is 109 Å². The minimum Gasteiger partial charge on any atom is -0.387 e. The summed E-state index contributed by atoms with van der Waals surface area (Å²) < 4.78 is 22.9. The summed E-state index contributed by atoms with van der Waals surface area (Å²) in [4.78, 5) is 63.2. The van der Waals surface area contributed by atoms with Gasteiger partial charge < -0.3 is 49.8 Å². The van der Waals surface area contributed by atoms with E-state index in [1.807, 2.05) is 75.4 Å². The molecule has 3 saturated heterocycles. The highest BCUT2D eigenvalue weighted by Gasteiger charge is 2.47. The van der Waals surface area contributed by atoms with E-state index in [0.29, 0.717) is 66.8 Å². The van der Waals surface area contributed by atoms with Crippen LogP contribution in [0, 0.1) is 20.8 Å². The van der Waals surface area contributed by atoms with Gasteiger partial charge in [-0.1, -0.05) is 78.5 Å². The van der Waals surface area contributed by atoms with E-state index < -0.39 is 73.6 Å². The molecule has 0 bridgehead atoms. The third-order valence-corrected chi connectivity index (χ3v) is 18.6. The molecule has 7 N–H and O–H groups in total. The van der Waals surface area contributed by atoms with Crippen LogP contribution in [0.2, 0.25) is 0 Å². The molecule has 0 saturated carbocycles. The van der Waals surface area contributed by atoms with E-state index in [9.17, 15) is 35.4 Å². The molecule has 0 amide bonds. The van der Waals surface area contributed by atoms with Gasteiger partial charge in [0, 0.05) is 27.5 Å². The van der Waals surface area contributed by atoms with Crippen molar-refractivity contribution in [2.75, 3.05) is 17.3 Å². The summed E-state index contributed by atoms with van der Waals surface area (Å²) in [6.45, 7) is 5.52. The summed E-state index contributed by atoms with van der Waals surface area (Å²) in [5.74, 6) is 1.27. The van der Waals surface area contributed by atoms with Gasteiger partial charge in [0.15, 0.2) is 40.8 Å². The zero-order valence-electron chi connectivity index (χ0n) is 47.1. The van der Waals surface area contributed by atoms with E-state index in [0.717, 1.165) is 32.2 Å². The van der Waals surface area contributed by atoms with E-state index in [-0.39, 0.29) is 11.3 Å². The van der Waals surface area contributed by atoms with Crippen LogP contribution in [0.25, 0.3) is 66.1 Å². The van der Waals surface area contributed by atoms with Crippen LogP contribution >= 0.6 is 35.3 Å². The van der Waals surface area contributed by atoms with Crippen molar-refractivity contribution in [3.8, 4) is 0 Å². The summed E-state index contributed by atoms with van der Waals surface area (Å²) in [5.41, 5.74) is 7.09. The molecular weight excluding hydrogens is 1190 g/mol. The largest absolute Gasteiger partial charge is 0.387 e.